The van der Waals surface area contributed by atoms with Gasteiger partial charge in [0.1, 0.15) is 0 Å². The number of benzene rings is 1. The minimum Gasteiger partial charge on any atom is -0.393 e. The van der Waals surface area contributed by atoms with Crippen molar-refractivity contribution in [1.82, 2.24) is 10.2 Å². The molecule has 2 spiro atoms. The van der Waals surface area contributed by atoms with Crippen LogP contribution in [0.15, 0.2) is 42.0 Å². The van der Waals surface area contributed by atoms with Gasteiger partial charge >= 0.3 is 6.03 Å². The Labute approximate surface area is 307 Å². The largest absolute Gasteiger partial charge is 0.393 e. The summed E-state index contributed by atoms with van der Waals surface area (Å²) in [7, 11) is 0. The van der Waals surface area contributed by atoms with Crippen molar-refractivity contribution in [3.05, 3.63) is 59.2 Å². The van der Waals surface area contributed by atoms with E-state index in [1.54, 1.807) is 0 Å². The number of nitrogens with zero attached hydrogens (tertiary/aromatic N) is 1. The lowest BCUT2D eigenvalue weighted by molar-refractivity contribution is -0.176. The summed E-state index contributed by atoms with van der Waals surface area (Å²) >= 11 is 0. The van der Waals surface area contributed by atoms with Crippen molar-refractivity contribution in [2.24, 2.45) is 56.7 Å². The summed E-state index contributed by atoms with van der Waals surface area (Å²) in [5.41, 5.74) is -2.38. The molecule has 0 radical (unpaired) electrons. The van der Waals surface area contributed by atoms with Crippen LogP contribution in [-0.2, 0) is 0 Å². The highest BCUT2D eigenvalue weighted by Gasteiger charge is 2.74. The highest BCUT2D eigenvalue weighted by Crippen LogP contribution is 2.78. The van der Waals surface area contributed by atoms with E-state index in [0.29, 0.717) is 37.8 Å². The summed E-state index contributed by atoms with van der Waals surface area (Å²) in [5.74, 6) is -0.0881. The molecule has 1 unspecified atom stereocenters. The minimum atomic E-state index is -1.17. The van der Waals surface area contributed by atoms with Gasteiger partial charge in [0.25, 0.3) is 0 Å². The first kappa shape index (κ1) is 35.1. The van der Waals surface area contributed by atoms with Crippen LogP contribution in [0.25, 0.3) is 0 Å². The number of hydrogen-bond donors (Lipinski definition) is 3. The minimum absolute atomic E-state index is 0.0260. The Hall–Kier alpha value is -2.58. The van der Waals surface area contributed by atoms with Crippen LogP contribution >= 0.6 is 0 Å². The number of fused-ring (bicyclic) bond motifs is 1. The predicted octanol–water partition coefficient (Wildman–Crippen LogP) is 8.38. The molecular weight excluding hydrogens is 658 g/mol. The van der Waals surface area contributed by atoms with Gasteiger partial charge in [0, 0.05) is 40.0 Å². The van der Waals surface area contributed by atoms with Crippen LogP contribution in [-0.4, -0.2) is 57.8 Å². The van der Waals surface area contributed by atoms with Crippen LogP contribution in [0, 0.1) is 68.3 Å². The van der Waals surface area contributed by atoms with Crippen molar-refractivity contribution in [2.75, 3.05) is 13.1 Å². The van der Waals surface area contributed by atoms with Crippen LogP contribution in [0.4, 0.5) is 13.6 Å². The third-order valence-corrected chi connectivity index (χ3v) is 17.0. The Balaban J connectivity index is 1.10. The van der Waals surface area contributed by atoms with E-state index in [9.17, 15) is 28.6 Å². The van der Waals surface area contributed by atoms with Gasteiger partial charge < -0.3 is 20.4 Å². The number of carbonyl (C=O) groups is 2. The maximum absolute atomic E-state index is 14.8. The Bertz CT molecular complexity index is 1720. The van der Waals surface area contributed by atoms with E-state index >= 15 is 0 Å². The molecule has 8 atom stereocenters. The van der Waals surface area contributed by atoms with Crippen molar-refractivity contribution in [3.63, 3.8) is 0 Å². The second-order valence-corrected chi connectivity index (χ2v) is 20.1. The number of amides is 2. The average Bonchev–Trinajstić information content (AvgIpc) is 3.34. The molecule has 2 amide bonds. The van der Waals surface area contributed by atoms with Gasteiger partial charge in [-0.25, -0.2) is 13.6 Å². The topological polar surface area (TPSA) is 89.9 Å². The Morgan fingerprint density at radius 3 is 2.15 bits per heavy atom. The number of carbonyl (C=O) groups excluding carboxylic acids is 2. The smallest absolute Gasteiger partial charge is 0.317 e. The molecule has 1 aromatic carbocycles. The Morgan fingerprint density at radius 2 is 1.50 bits per heavy atom. The molecule has 0 heterocycles. The lowest BCUT2D eigenvalue weighted by atomic mass is 9.32. The van der Waals surface area contributed by atoms with Gasteiger partial charge in [-0.3, -0.25) is 4.79 Å². The Kier molecular flexibility index (Phi) is 7.75. The monoisotopic (exact) mass is 716 g/mol. The highest BCUT2D eigenvalue weighted by molar-refractivity contribution is 6.10. The molecule has 7 saturated carbocycles. The number of Topliss-reactive ketones (excluding diaryl/α,β-unsaturated/α-hetero) is 1. The molecule has 0 saturated heterocycles. The van der Waals surface area contributed by atoms with Gasteiger partial charge in [-0.15, -0.1) is 0 Å². The normalized spacial score (nSPS) is 46.4. The van der Waals surface area contributed by atoms with E-state index in [0.717, 1.165) is 49.1 Å². The second-order valence-electron chi connectivity index (χ2n) is 20.1. The lowest BCUT2D eigenvalue weighted by Crippen LogP contribution is -2.68. The lowest BCUT2D eigenvalue weighted by Gasteiger charge is -2.71. The van der Waals surface area contributed by atoms with E-state index in [2.05, 4.69) is 37.4 Å². The van der Waals surface area contributed by atoms with Gasteiger partial charge in [-0.05, 0) is 156 Å². The third-order valence-electron chi connectivity index (χ3n) is 17.0. The molecule has 3 N–H and O–H groups in total. The molecule has 52 heavy (non-hydrogen) atoms. The molecule has 0 aliphatic heterocycles. The summed E-state index contributed by atoms with van der Waals surface area (Å²) < 4.78 is 28.8. The number of ketones is 1. The quantitative estimate of drug-likeness (QED) is 0.196. The number of allylic oxidation sites excluding steroid dienone is 4. The molecule has 10 aliphatic carbocycles. The van der Waals surface area contributed by atoms with Gasteiger partial charge in [0.05, 0.1) is 18.2 Å². The van der Waals surface area contributed by atoms with Gasteiger partial charge in [0.2, 0.25) is 0 Å². The third kappa shape index (κ3) is 4.77. The fraction of sp³-hybridized carbons (Fsp3) is 0.727. The molecule has 6 nitrogen and oxygen atoms in total. The number of hydrogen-bond acceptors (Lipinski definition) is 4. The van der Waals surface area contributed by atoms with E-state index in [1.165, 1.54) is 44.6 Å². The number of rotatable bonds is 7. The molecule has 6 bridgehead atoms. The van der Waals surface area contributed by atoms with Crippen LogP contribution in [0.2, 0.25) is 0 Å². The summed E-state index contributed by atoms with van der Waals surface area (Å²) in [6, 6.07) is 3.31. The zero-order chi connectivity index (χ0) is 36.6. The highest BCUT2D eigenvalue weighted by atomic mass is 19.2. The maximum atomic E-state index is 14.8. The Morgan fingerprint density at radius 1 is 0.865 bits per heavy atom. The molecule has 8 heteroatoms. The van der Waals surface area contributed by atoms with Crippen molar-refractivity contribution >= 4 is 11.8 Å². The maximum Gasteiger partial charge on any atom is 0.317 e. The summed E-state index contributed by atoms with van der Waals surface area (Å²) in [5, 5.41) is 27.4. The molecular formula is C44H58F2N2O4. The van der Waals surface area contributed by atoms with Crippen LogP contribution < -0.4 is 5.32 Å². The molecule has 11 rings (SSSR count). The summed E-state index contributed by atoms with van der Waals surface area (Å²) in [6.07, 6.45) is 18.5. The van der Waals surface area contributed by atoms with E-state index in [4.69, 9.17) is 0 Å². The van der Waals surface area contributed by atoms with Gasteiger partial charge in [0.15, 0.2) is 17.4 Å². The van der Waals surface area contributed by atoms with E-state index in [-0.39, 0.29) is 52.6 Å². The number of halogens is 2. The van der Waals surface area contributed by atoms with Crippen molar-refractivity contribution in [3.8, 4) is 0 Å². The number of aliphatic hydroxyl groups is 2. The SMILES string of the molecule is CC(C)NC(=O)N(CC12CC3CC(CC(C3)C1)C2)C[C@]1(O)CC[C@H]2[C@]34C=C[C@@]5(C=C3C(=O)c3ccc(F)c(F)c3)CC(O)CC[C@]5(C)[C@H]4CC[C@@]21C. The first-order valence-corrected chi connectivity index (χ1v) is 20.4. The zero-order valence-electron chi connectivity index (χ0n) is 31.5. The summed E-state index contributed by atoms with van der Waals surface area (Å²) in [6.45, 7) is 9.46. The average molecular weight is 717 g/mol. The van der Waals surface area contributed by atoms with Gasteiger partial charge in [-0.2, -0.15) is 0 Å². The molecule has 7 fully saturated rings. The fourth-order valence-corrected chi connectivity index (χ4v) is 15.1. The molecule has 0 aromatic heterocycles. The van der Waals surface area contributed by atoms with Crippen molar-refractivity contribution in [2.45, 2.75) is 129 Å². The van der Waals surface area contributed by atoms with Crippen molar-refractivity contribution in [1.29, 1.82) is 0 Å². The molecule has 282 valence electrons. The van der Waals surface area contributed by atoms with E-state index < -0.39 is 39.6 Å². The first-order valence-electron chi connectivity index (χ1n) is 20.4. The predicted molar refractivity (Wildman–Crippen MR) is 195 cm³/mol. The zero-order valence-corrected chi connectivity index (χ0v) is 31.5. The van der Waals surface area contributed by atoms with Crippen molar-refractivity contribution < 1.29 is 28.6 Å². The van der Waals surface area contributed by atoms with Crippen LogP contribution in [0.5, 0.6) is 0 Å². The standard InChI is InChI=1S/C44H58F2N2O4/c1-26(2)47-38(51)48(24-41-19-27-15-28(20-41)17-29(16-27)21-41)25-43(52)12-9-36-40(43,4)11-8-35-39(3)10-7-31(49)22-42(39)13-14-44(35,36)32(23-42)37(50)30-5-6-33(45)34(46)18-30/h5-6,13-14,18,23,26-29,31,35-36,49,52H,7-12,15-17,19-22,24-25H2,1-4H3,(H,47,51)/t27?,28?,29?,31?,35-,36-,39-,40+,41?,42+,43-,44-/m1/s1. The number of nitrogens with one attached hydrogen (secondary N) is 1. The van der Waals surface area contributed by atoms with E-state index in [1.807, 2.05) is 18.7 Å². The number of aliphatic hydroxyl groups excluding tert-OH is 1. The molecule has 10 aliphatic rings. The number of urea groups is 1. The molecule has 1 aromatic rings. The van der Waals surface area contributed by atoms with Gasteiger partial charge in [-0.1, -0.05) is 32.1 Å². The van der Waals surface area contributed by atoms with Crippen LogP contribution in [0.1, 0.15) is 122 Å². The van der Waals surface area contributed by atoms with Crippen LogP contribution in [0.3, 0.4) is 0 Å². The first-order chi connectivity index (χ1) is 24.5. The second kappa shape index (κ2) is 11.5. The summed E-state index contributed by atoms with van der Waals surface area (Å²) in [4.78, 5) is 30.9. The fourth-order valence-electron chi connectivity index (χ4n) is 15.1.